The van der Waals surface area contributed by atoms with E-state index in [2.05, 4.69) is 20.9 Å². The minimum atomic E-state index is 0.190. The summed E-state index contributed by atoms with van der Waals surface area (Å²) < 4.78 is 8.46. The summed E-state index contributed by atoms with van der Waals surface area (Å²) in [5.74, 6) is 1.57. The van der Waals surface area contributed by atoms with E-state index in [4.69, 9.17) is 0 Å². The first-order chi connectivity index (χ1) is 10.2. The van der Waals surface area contributed by atoms with Gasteiger partial charge in [0.1, 0.15) is 11.0 Å². The van der Waals surface area contributed by atoms with Gasteiger partial charge in [-0.25, -0.2) is 0 Å². The van der Waals surface area contributed by atoms with Gasteiger partial charge in [0.25, 0.3) is 0 Å². The van der Waals surface area contributed by atoms with Crippen LogP contribution in [0, 0.1) is 17.8 Å². The van der Waals surface area contributed by atoms with Crippen LogP contribution >= 0.6 is 11.7 Å². The van der Waals surface area contributed by atoms with E-state index in [-0.39, 0.29) is 11.8 Å². The van der Waals surface area contributed by atoms with Crippen molar-refractivity contribution in [2.45, 2.75) is 19.4 Å². The molecule has 2 bridgehead atoms. The van der Waals surface area contributed by atoms with Crippen molar-refractivity contribution in [3.8, 4) is 0 Å². The molecule has 4 nitrogen and oxygen atoms in total. The fraction of sp³-hybridized carbons (Fsp3) is 0.438. The first kappa shape index (κ1) is 13.0. The largest absolute Gasteiger partial charge is 0.341 e. The second kappa shape index (κ2) is 4.91. The van der Waals surface area contributed by atoms with Crippen molar-refractivity contribution in [2.24, 2.45) is 17.8 Å². The molecule has 5 heteroatoms. The monoisotopic (exact) mass is 299 g/mol. The number of carbonyl (C=O) groups excluding carboxylic acids is 1. The highest BCUT2D eigenvalue weighted by atomic mass is 32.1. The molecule has 0 unspecified atom stereocenters. The second-order valence-corrected chi connectivity index (χ2v) is 6.70. The van der Waals surface area contributed by atoms with Crippen molar-refractivity contribution in [3.63, 3.8) is 0 Å². The molecule has 0 saturated heterocycles. The number of aromatic nitrogens is 2. The maximum Gasteiger partial charge on any atom is 0.226 e. The van der Waals surface area contributed by atoms with Gasteiger partial charge in [-0.1, -0.05) is 18.2 Å². The smallest absolute Gasteiger partial charge is 0.226 e. The number of allylic oxidation sites excluding steroid dienone is 2. The van der Waals surface area contributed by atoms with Crippen LogP contribution in [-0.2, 0) is 11.3 Å². The van der Waals surface area contributed by atoms with Gasteiger partial charge in [0.05, 0.1) is 11.7 Å². The Bertz CT molecular complexity index is 723. The molecule has 1 aromatic carbocycles. The fourth-order valence-electron chi connectivity index (χ4n) is 3.63. The summed E-state index contributed by atoms with van der Waals surface area (Å²) in [6, 6.07) is 6.05. The van der Waals surface area contributed by atoms with Gasteiger partial charge in [0, 0.05) is 19.5 Å². The van der Waals surface area contributed by atoms with E-state index >= 15 is 0 Å². The van der Waals surface area contributed by atoms with Crippen LogP contribution in [0.25, 0.3) is 11.0 Å². The van der Waals surface area contributed by atoms with Crippen molar-refractivity contribution in [3.05, 3.63) is 35.9 Å². The van der Waals surface area contributed by atoms with Crippen molar-refractivity contribution in [1.29, 1.82) is 0 Å². The highest BCUT2D eigenvalue weighted by molar-refractivity contribution is 7.00. The Balaban J connectivity index is 1.48. The molecule has 4 rings (SSSR count). The molecule has 0 radical (unpaired) electrons. The molecular weight excluding hydrogens is 282 g/mol. The van der Waals surface area contributed by atoms with E-state index in [9.17, 15) is 4.79 Å². The molecule has 108 valence electrons. The number of rotatable bonds is 3. The van der Waals surface area contributed by atoms with Gasteiger partial charge in [-0.2, -0.15) is 8.75 Å². The van der Waals surface area contributed by atoms with E-state index < -0.39 is 0 Å². The Morgan fingerprint density at radius 2 is 2.14 bits per heavy atom. The number of benzene rings is 1. The van der Waals surface area contributed by atoms with Crippen molar-refractivity contribution in [2.75, 3.05) is 7.05 Å². The average molecular weight is 299 g/mol. The first-order valence-corrected chi connectivity index (χ1v) is 8.08. The van der Waals surface area contributed by atoms with E-state index in [0.29, 0.717) is 18.4 Å². The summed E-state index contributed by atoms with van der Waals surface area (Å²) in [4.78, 5) is 14.5. The lowest BCUT2D eigenvalue weighted by Crippen LogP contribution is -2.34. The Labute approximate surface area is 127 Å². The maximum atomic E-state index is 12.6. The summed E-state index contributed by atoms with van der Waals surface area (Å²) in [5, 5.41) is 0. The minimum Gasteiger partial charge on any atom is -0.341 e. The Morgan fingerprint density at radius 1 is 1.29 bits per heavy atom. The lowest BCUT2D eigenvalue weighted by atomic mass is 9.92. The van der Waals surface area contributed by atoms with Crippen LogP contribution in [0.15, 0.2) is 30.4 Å². The summed E-state index contributed by atoms with van der Waals surface area (Å²) in [5.41, 5.74) is 2.96. The molecule has 1 heterocycles. The van der Waals surface area contributed by atoms with E-state index in [1.165, 1.54) is 18.1 Å². The van der Waals surface area contributed by atoms with Crippen LogP contribution in [0.5, 0.6) is 0 Å². The summed E-state index contributed by atoms with van der Waals surface area (Å²) in [6.45, 7) is 0.643. The topological polar surface area (TPSA) is 46.1 Å². The average Bonchev–Trinajstić information content (AvgIpc) is 3.21. The first-order valence-electron chi connectivity index (χ1n) is 7.35. The van der Waals surface area contributed by atoms with Crippen molar-refractivity contribution in [1.82, 2.24) is 13.6 Å². The van der Waals surface area contributed by atoms with Crippen LogP contribution in [-0.4, -0.2) is 26.6 Å². The number of amides is 1. The number of hydrogen-bond donors (Lipinski definition) is 0. The third-order valence-electron chi connectivity index (χ3n) is 4.71. The van der Waals surface area contributed by atoms with Gasteiger partial charge in [-0.15, -0.1) is 0 Å². The Kier molecular flexibility index (Phi) is 3.03. The highest BCUT2D eigenvalue weighted by Crippen LogP contribution is 2.44. The number of carbonyl (C=O) groups is 1. The van der Waals surface area contributed by atoms with Crippen LogP contribution in [0.2, 0.25) is 0 Å². The number of nitrogens with zero attached hydrogens (tertiary/aromatic N) is 3. The van der Waals surface area contributed by atoms with E-state index in [1.807, 2.05) is 30.1 Å². The Hall–Kier alpha value is -1.75. The standard InChI is InChI=1S/C16H17N3OS/c1-19(16(20)13-7-10-2-4-12(13)6-10)9-11-3-5-14-15(8-11)18-21-17-14/h2-5,8,10,12-13H,6-7,9H2,1H3/t10-,12+,13-/m1/s1. The predicted molar refractivity (Wildman–Crippen MR) is 82.7 cm³/mol. The van der Waals surface area contributed by atoms with Crippen LogP contribution in [0.3, 0.4) is 0 Å². The molecule has 1 saturated carbocycles. The second-order valence-electron chi connectivity index (χ2n) is 6.17. The summed E-state index contributed by atoms with van der Waals surface area (Å²) >= 11 is 1.23. The number of fused-ring (bicyclic) bond motifs is 3. The fourth-order valence-corrected chi connectivity index (χ4v) is 4.14. The lowest BCUT2D eigenvalue weighted by Gasteiger charge is -2.24. The van der Waals surface area contributed by atoms with Crippen LogP contribution in [0.1, 0.15) is 18.4 Å². The molecule has 21 heavy (non-hydrogen) atoms. The predicted octanol–water partition coefficient (Wildman–Crippen LogP) is 2.86. The lowest BCUT2D eigenvalue weighted by molar-refractivity contribution is -0.135. The van der Waals surface area contributed by atoms with Gasteiger partial charge in [-0.05, 0) is 42.4 Å². The molecule has 2 aliphatic carbocycles. The summed E-state index contributed by atoms with van der Waals surface area (Å²) in [7, 11) is 1.90. The molecule has 0 N–H and O–H groups in total. The molecule has 2 aliphatic rings. The van der Waals surface area contributed by atoms with E-state index in [1.54, 1.807) is 0 Å². The zero-order chi connectivity index (χ0) is 14.4. The van der Waals surface area contributed by atoms with Gasteiger partial charge < -0.3 is 4.90 Å². The zero-order valence-corrected chi connectivity index (χ0v) is 12.7. The Morgan fingerprint density at radius 3 is 2.90 bits per heavy atom. The molecular formula is C16H17N3OS. The van der Waals surface area contributed by atoms with Crippen molar-refractivity contribution < 1.29 is 4.79 Å². The highest BCUT2D eigenvalue weighted by Gasteiger charge is 2.40. The SMILES string of the molecule is CN(Cc1ccc2nsnc2c1)C(=O)[C@@H]1C[C@@H]2C=C[C@H]1C2. The van der Waals surface area contributed by atoms with E-state index in [0.717, 1.165) is 23.0 Å². The van der Waals surface area contributed by atoms with Crippen LogP contribution < -0.4 is 0 Å². The molecule has 1 aromatic heterocycles. The van der Waals surface area contributed by atoms with Gasteiger partial charge >= 0.3 is 0 Å². The molecule has 1 fully saturated rings. The quantitative estimate of drug-likeness (QED) is 0.819. The summed E-state index contributed by atoms with van der Waals surface area (Å²) in [6.07, 6.45) is 6.70. The van der Waals surface area contributed by atoms with Crippen molar-refractivity contribution >= 4 is 28.7 Å². The zero-order valence-electron chi connectivity index (χ0n) is 11.9. The van der Waals surface area contributed by atoms with Gasteiger partial charge in [-0.3, -0.25) is 4.79 Å². The van der Waals surface area contributed by atoms with Gasteiger partial charge in [0.15, 0.2) is 0 Å². The maximum absolute atomic E-state index is 12.6. The molecule has 2 aromatic rings. The normalized spacial score (nSPS) is 26.6. The molecule has 1 amide bonds. The minimum absolute atomic E-state index is 0.190. The third kappa shape index (κ3) is 2.25. The molecule has 3 atom stereocenters. The van der Waals surface area contributed by atoms with Crippen LogP contribution in [0.4, 0.5) is 0 Å². The third-order valence-corrected chi connectivity index (χ3v) is 5.27. The van der Waals surface area contributed by atoms with Gasteiger partial charge in [0.2, 0.25) is 5.91 Å². The molecule has 0 aliphatic heterocycles. The number of hydrogen-bond acceptors (Lipinski definition) is 4. The molecule has 0 spiro atoms.